The molecule has 2 bridgehead atoms. The number of fused-ring (bicyclic) bond motifs is 5. The first-order chi connectivity index (χ1) is 20.9. The molecule has 0 amide bonds. The van der Waals surface area contributed by atoms with Gasteiger partial charge in [0.15, 0.2) is 6.10 Å². The molecule has 1 aromatic carbocycles. The van der Waals surface area contributed by atoms with Gasteiger partial charge < -0.3 is 34.3 Å². The number of carbonyl (C=O) groups excluding carboxylic acids is 4. The van der Waals surface area contributed by atoms with E-state index in [-0.39, 0.29) is 29.9 Å². The van der Waals surface area contributed by atoms with Gasteiger partial charge in [-0.25, -0.2) is 4.79 Å². The van der Waals surface area contributed by atoms with Gasteiger partial charge in [-0.05, 0) is 49.5 Å². The van der Waals surface area contributed by atoms with Crippen molar-refractivity contribution in [3.05, 3.63) is 47.0 Å². The van der Waals surface area contributed by atoms with Crippen LogP contribution < -0.4 is 0 Å². The fourth-order valence-corrected chi connectivity index (χ4v) is 9.00. The molecule has 4 aliphatic rings. The summed E-state index contributed by atoms with van der Waals surface area (Å²) in [4.78, 5) is 51.6. The molecule has 0 aromatic heterocycles. The van der Waals surface area contributed by atoms with Crippen molar-refractivity contribution in [3.8, 4) is 0 Å². The van der Waals surface area contributed by atoms with E-state index in [1.165, 1.54) is 20.8 Å². The van der Waals surface area contributed by atoms with Gasteiger partial charge in [0.05, 0.1) is 11.7 Å². The number of hydrogen-bond donors (Lipinski definition) is 3. The Hall–Kier alpha value is -3.28. The Labute approximate surface area is 262 Å². The Morgan fingerprint density at radius 2 is 1.51 bits per heavy atom. The highest BCUT2D eigenvalue weighted by Crippen LogP contribution is 2.68. The molecular formula is C34H44O11. The third-order valence-electron chi connectivity index (χ3n) is 11.3. The average molecular weight is 629 g/mol. The van der Waals surface area contributed by atoms with Crippen molar-refractivity contribution in [3.63, 3.8) is 0 Å². The Kier molecular flexibility index (Phi) is 8.24. The molecule has 0 unspecified atom stereocenters. The van der Waals surface area contributed by atoms with E-state index in [1.54, 1.807) is 58.0 Å². The average Bonchev–Trinajstić information content (AvgIpc) is 2.94. The maximum atomic E-state index is 13.9. The second-order valence-corrected chi connectivity index (χ2v) is 14.0. The maximum Gasteiger partial charge on any atom is 0.338 e. The van der Waals surface area contributed by atoms with E-state index in [1.807, 2.05) is 0 Å². The van der Waals surface area contributed by atoms with Gasteiger partial charge in [-0.3, -0.25) is 14.4 Å². The summed E-state index contributed by atoms with van der Waals surface area (Å²) in [6.45, 7) is 10.4. The molecule has 5 rings (SSSR count). The smallest absolute Gasteiger partial charge is 0.338 e. The van der Waals surface area contributed by atoms with E-state index in [0.717, 1.165) is 0 Å². The van der Waals surface area contributed by atoms with Crippen molar-refractivity contribution in [1.29, 1.82) is 0 Å². The minimum atomic E-state index is -2.05. The molecule has 0 saturated heterocycles. The quantitative estimate of drug-likeness (QED) is 0.249. The molecule has 246 valence electrons. The molecule has 0 spiro atoms. The van der Waals surface area contributed by atoms with E-state index in [4.69, 9.17) is 18.9 Å². The molecule has 45 heavy (non-hydrogen) atoms. The molecule has 11 heteroatoms. The molecule has 0 heterocycles. The van der Waals surface area contributed by atoms with Crippen LogP contribution in [-0.4, -0.2) is 80.9 Å². The van der Waals surface area contributed by atoms with Crippen LogP contribution in [0.25, 0.3) is 0 Å². The molecule has 10 atom stereocenters. The Balaban J connectivity index is 1.86. The van der Waals surface area contributed by atoms with Crippen molar-refractivity contribution in [2.24, 2.45) is 22.7 Å². The Morgan fingerprint density at radius 3 is 2.04 bits per heavy atom. The van der Waals surface area contributed by atoms with Crippen molar-refractivity contribution in [2.45, 2.75) is 116 Å². The second-order valence-electron chi connectivity index (χ2n) is 14.0. The number of hydrogen-bond acceptors (Lipinski definition) is 11. The van der Waals surface area contributed by atoms with Crippen LogP contribution in [0.15, 0.2) is 41.5 Å². The predicted octanol–water partition coefficient (Wildman–Crippen LogP) is 3.03. The first-order valence-electron chi connectivity index (χ1n) is 15.5. The highest BCUT2D eigenvalue weighted by molar-refractivity contribution is 5.89. The summed E-state index contributed by atoms with van der Waals surface area (Å²) >= 11 is 0. The van der Waals surface area contributed by atoms with Crippen LogP contribution in [0.3, 0.4) is 0 Å². The van der Waals surface area contributed by atoms with Gasteiger partial charge in [0.25, 0.3) is 0 Å². The number of aliphatic hydroxyl groups excluding tert-OH is 2. The molecule has 11 nitrogen and oxygen atoms in total. The highest BCUT2D eigenvalue weighted by Gasteiger charge is 2.77. The topological polar surface area (TPSA) is 166 Å². The maximum absolute atomic E-state index is 13.9. The molecule has 0 radical (unpaired) electrons. The van der Waals surface area contributed by atoms with E-state index in [9.17, 15) is 34.5 Å². The normalized spacial score (nSPS) is 39.9. The standard InChI is InChI=1S/C34H44O11/c1-17-23(42-18(2)35)16-34(41)29(44-30(40)21-11-9-8-10-12-21)27-32(7,24(38)15-22-13-14-33(22,27)45-20(4)37)28(39)26(43-19(3)36)25(17)31(34,5)6/h8-12,22-24,26-29,38-39,41H,13-16H2,1-7H3/t22-,23+,24+,26-,27+,28+,29+,32-,33+,34-/m1/s1. The van der Waals surface area contributed by atoms with Crippen molar-refractivity contribution in [1.82, 2.24) is 0 Å². The van der Waals surface area contributed by atoms with Gasteiger partial charge in [-0.15, -0.1) is 0 Å². The van der Waals surface area contributed by atoms with Crippen LogP contribution in [0.2, 0.25) is 0 Å². The summed E-state index contributed by atoms with van der Waals surface area (Å²) in [5, 5.41) is 37.6. The minimum Gasteiger partial charge on any atom is -0.458 e. The van der Waals surface area contributed by atoms with E-state index in [0.29, 0.717) is 18.4 Å². The second kappa shape index (κ2) is 11.2. The lowest BCUT2D eigenvalue weighted by atomic mass is 9.40. The van der Waals surface area contributed by atoms with E-state index < -0.39 is 82.3 Å². The fourth-order valence-electron chi connectivity index (χ4n) is 9.00. The fraction of sp³-hybridized carbons (Fsp3) is 0.647. The zero-order valence-electron chi connectivity index (χ0n) is 26.9. The SMILES string of the molecule is CC(=O)O[C@H]1C[C@@]2(O)[C@@H](OC(=O)c3ccccc3)[C@@H]3[C@]4(OC(C)=O)CC[C@@H]4C[C@H](O)[C@@]3(C)[C@@H](O)[C@H](OC(C)=O)C(=C1C)C2(C)C. The molecule has 3 saturated carbocycles. The number of esters is 4. The van der Waals surface area contributed by atoms with E-state index in [2.05, 4.69) is 0 Å². The molecule has 0 aliphatic heterocycles. The summed E-state index contributed by atoms with van der Waals surface area (Å²) in [6, 6.07) is 8.20. The van der Waals surface area contributed by atoms with Gasteiger partial charge in [0.1, 0.15) is 29.5 Å². The highest BCUT2D eigenvalue weighted by atomic mass is 16.6. The first kappa shape index (κ1) is 33.1. The van der Waals surface area contributed by atoms with E-state index >= 15 is 0 Å². The van der Waals surface area contributed by atoms with Crippen LogP contribution >= 0.6 is 0 Å². The van der Waals surface area contributed by atoms with Gasteiger partial charge in [-0.1, -0.05) is 39.0 Å². The van der Waals surface area contributed by atoms with Crippen molar-refractivity contribution >= 4 is 23.9 Å². The number of rotatable bonds is 5. The molecule has 3 fully saturated rings. The van der Waals surface area contributed by atoms with Crippen LogP contribution in [0.4, 0.5) is 0 Å². The Morgan fingerprint density at radius 1 is 0.889 bits per heavy atom. The van der Waals surface area contributed by atoms with Crippen LogP contribution in [0.5, 0.6) is 0 Å². The van der Waals surface area contributed by atoms with Gasteiger partial charge >= 0.3 is 23.9 Å². The van der Waals surface area contributed by atoms with Crippen molar-refractivity contribution < 1.29 is 53.4 Å². The number of aliphatic hydroxyl groups is 3. The molecule has 1 aromatic rings. The lowest BCUT2D eigenvalue weighted by Gasteiger charge is -2.69. The summed E-state index contributed by atoms with van der Waals surface area (Å²) in [5.74, 6) is -4.29. The van der Waals surface area contributed by atoms with Crippen LogP contribution in [-0.2, 0) is 33.3 Å². The first-order valence-corrected chi connectivity index (χ1v) is 15.5. The Bertz CT molecular complexity index is 1420. The third-order valence-corrected chi connectivity index (χ3v) is 11.3. The number of ether oxygens (including phenoxy) is 4. The third kappa shape index (κ3) is 4.89. The zero-order chi connectivity index (χ0) is 33.3. The summed E-state index contributed by atoms with van der Waals surface area (Å²) in [5.41, 5.74) is -5.48. The molecule has 4 aliphatic carbocycles. The molecular weight excluding hydrogens is 584 g/mol. The number of carbonyl (C=O) groups is 4. The summed E-state index contributed by atoms with van der Waals surface area (Å²) < 4.78 is 24.0. The van der Waals surface area contributed by atoms with Gasteiger partial charge in [0.2, 0.25) is 0 Å². The van der Waals surface area contributed by atoms with Gasteiger partial charge in [0, 0.05) is 49.9 Å². The minimum absolute atomic E-state index is 0.152. The molecule has 3 N–H and O–H groups in total. The van der Waals surface area contributed by atoms with Gasteiger partial charge in [-0.2, -0.15) is 0 Å². The summed E-state index contributed by atoms with van der Waals surface area (Å²) in [7, 11) is 0. The van der Waals surface area contributed by atoms with Crippen molar-refractivity contribution in [2.75, 3.05) is 0 Å². The monoisotopic (exact) mass is 628 g/mol. The largest absolute Gasteiger partial charge is 0.458 e. The number of benzene rings is 1. The predicted molar refractivity (Wildman–Crippen MR) is 158 cm³/mol. The van der Waals surface area contributed by atoms with Crippen LogP contribution in [0, 0.1) is 22.7 Å². The summed E-state index contributed by atoms with van der Waals surface area (Å²) in [6.07, 6.45) is -5.98. The zero-order valence-corrected chi connectivity index (χ0v) is 26.9. The lowest BCUT2D eigenvalue weighted by molar-refractivity contribution is -0.322. The van der Waals surface area contributed by atoms with Crippen LogP contribution in [0.1, 0.15) is 84.5 Å². The lowest BCUT2D eigenvalue weighted by Crippen LogP contribution is -2.79.